The van der Waals surface area contributed by atoms with Gasteiger partial charge in [-0.15, -0.1) is 0 Å². The molecule has 0 saturated carbocycles. The van der Waals surface area contributed by atoms with Gasteiger partial charge in [-0.2, -0.15) is 0 Å². The lowest BCUT2D eigenvalue weighted by Crippen LogP contribution is -1.99. The van der Waals surface area contributed by atoms with Crippen LogP contribution in [0.4, 0.5) is 0 Å². The molecule has 0 atom stereocenters. The van der Waals surface area contributed by atoms with Crippen molar-refractivity contribution in [3.63, 3.8) is 0 Å². The monoisotopic (exact) mass is 262 g/mol. The van der Waals surface area contributed by atoms with Gasteiger partial charge in [0.1, 0.15) is 13.7 Å². The molecule has 0 aliphatic carbocycles. The molecule has 3 aromatic rings. The molecular formula is C17H19BN2. The lowest BCUT2D eigenvalue weighted by Gasteiger charge is -2.09. The SMILES string of the molecule is Bc1ccc(-c2nc3c(C)c(C)c(C)c(C)c3[nH]2)cc1. The molecule has 2 nitrogen and oxygen atoms in total. The molecule has 0 amide bonds. The Bertz CT molecular complexity index is 753. The van der Waals surface area contributed by atoms with E-state index in [1.807, 2.05) is 0 Å². The summed E-state index contributed by atoms with van der Waals surface area (Å²) in [6.45, 7) is 8.69. The minimum atomic E-state index is 0.955. The molecule has 20 heavy (non-hydrogen) atoms. The van der Waals surface area contributed by atoms with E-state index in [9.17, 15) is 0 Å². The number of aromatic amines is 1. The third-order valence-corrected chi connectivity index (χ3v) is 4.45. The minimum absolute atomic E-state index is 0.955. The Morgan fingerprint density at radius 1 is 0.850 bits per heavy atom. The average Bonchev–Trinajstić information content (AvgIpc) is 2.89. The van der Waals surface area contributed by atoms with E-state index in [4.69, 9.17) is 4.98 Å². The first kappa shape index (κ1) is 13.0. The van der Waals surface area contributed by atoms with Gasteiger partial charge in [-0.25, -0.2) is 4.98 Å². The Labute approximate surface area is 120 Å². The summed E-state index contributed by atoms with van der Waals surface area (Å²) >= 11 is 0. The van der Waals surface area contributed by atoms with Crippen LogP contribution in [0.1, 0.15) is 22.3 Å². The minimum Gasteiger partial charge on any atom is -0.338 e. The van der Waals surface area contributed by atoms with E-state index in [2.05, 4.69) is 64.8 Å². The standard InChI is InChI=1S/C17H19BN2/c1-9-10(2)12(4)16-15(11(9)3)19-17(20-16)13-5-7-14(18)8-6-13/h5-8H,18H2,1-4H3,(H,19,20). The zero-order valence-corrected chi connectivity index (χ0v) is 12.8. The summed E-state index contributed by atoms with van der Waals surface area (Å²) in [6.07, 6.45) is 0. The Kier molecular flexibility index (Phi) is 2.93. The van der Waals surface area contributed by atoms with Crippen molar-refractivity contribution in [1.29, 1.82) is 0 Å². The molecule has 1 N–H and O–H groups in total. The number of fused-ring (bicyclic) bond motifs is 1. The molecule has 0 unspecified atom stereocenters. The Morgan fingerprint density at radius 2 is 1.45 bits per heavy atom. The molecule has 0 saturated heterocycles. The molecule has 0 radical (unpaired) electrons. The van der Waals surface area contributed by atoms with Gasteiger partial charge in [-0.05, 0) is 49.9 Å². The van der Waals surface area contributed by atoms with Crippen LogP contribution in [0.3, 0.4) is 0 Å². The van der Waals surface area contributed by atoms with Crippen LogP contribution in [0.2, 0.25) is 0 Å². The van der Waals surface area contributed by atoms with Crippen LogP contribution >= 0.6 is 0 Å². The number of aryl methyl sites for hydroxylation is 2. The fraction of sp³-hybridized carbons (Fsp3) is 0.235. The molecule has 100 valence electrons. The van der Waals surface area contributed by atoms with Crippen molar-refractivity contribution in [2.45, 2.75) is 27.7 Å². The Morgan fingerprint density at radius 3 is 2.10 bits per heavy atom. The zero-order valence-electron chi connectivity index (χ0n) is 12.8. The third kappa shape index (κ3) is 1.85. The topological polar surface area (TPSA) is 28.7 Å². The van der Waals surface area contributed by atoms with Crippen molar-refractivity contribution in [3.05, 3.63) is 46.5 Å². The first-order chi connectivity index (χ1) is 9.49. The highest BCUT2D eigenvalue weighted by Crippen LogP contribution is 2.29. The molecule has 0 fully saturated rings. The van der Waals surface area contributed by atoms with E-state index in [1.165, 1.54) is 33.2 Å². The summed E-state index contributed by atoms with van der Waals surface area (Å²) in [5.41, 5.74) is 9.95. The number of hydrogen-bond acceptors (Lipinski definition) is 1. The summed E-state index contributed by atoms with van der Waals surface area (Å²) in [5, 5.41) is 0. The highest BCUT2D eigenvalue weighted by molar-refractivity contribution is 6.32. The second kappa shape index (κ2) is 4.52. The average molecular weight is 262 g/mol. The van der Waals surface area contributed by atoms with Crippen LogP contribution in [0.15, 0.2) is 24.3 Å². The van der Waals surface area contributed by atoms with Crippen molar-refractivity contribution in [3.8, 4) is 11.4 Å². The quantitative estimate of drug-likeness (QED) is 0.671. The lowest BCUT2D eigenvalue weighted by molar-refractivity contribution is 1.24. The van der Waals surface area contributed by atoms with E-state index < -0.39 is 0 Å². The van der Waals surface area contributed by atoms with E-state index in [0.717, 1.165) is 16.9 Å². The summed E-state index contributed by atoms with van der Waals surface area (Å²) in [4.78, 5) is 8.32. The smallest absolute Gasteiger partial charge is 0.139 e. The van der Waals surface area contributed by atoms with Crippen LogP contribution < -0.4 is 5.46 Å². The molecule has 3 heteroatoms. The molecule has 2 aromatic carbocycles. The van der Waals surface area contributed by atoms with Gasteiger partial charge in [0.25, 0.3) is 0 Å². The normalized spacial score (nSPS) is 11.2. The predicted octanol–water partition coefficient (Wildman–Crippen LogP) is 2.72. The van der Waals surface area contributed by atoms with Gasteiger partial charge < -0.3 is 4.98 Å². The van der Waals surface area contributed by atoms with Crippen LogP contribution in [-0.2, 0) is 0 Å². The van der Waals surface area contributed by atoms with Crippen LogP contribution in [-0.4, -0.2) is 17.8 Å². The fourth-order valence-electron chi connectivity index (χ4n) is 2.69. The molecule has 0 spiro atoms. The van der Waals surface area contributed by atoms with Crippen LogP contribution in [0, 0.1) is 27.7 Å². The molecule has 0 aliphatic rings. The summed E-state index contributed by atoms with van der Waals surface area (Å²) in [6, 6.07) is 8.49. The van der Waals surface area contributed by atoms with Gasteiger partial charge in [-0.3, -0.25) is 0 Å². The van der Waals surface area contributed by atoms with Crippen molar-refractivity contribution < 1.29 is 0 Å². The van der Waals surface area contributed by atoms with E-state index in [-0.39, 0.29) is 0 Å². The first-order valence-electron chi connectivity index (χ1n) is 7.02. The number of nitrogens with one attached hydrogen (secondary N) is 1. The van der Waals surface area contributed by atoms with Gasteiger partial charge in [0.15, 0.2) is 0 Å². The van der Waals surface area contributed by atoms with Crippen LogP contribution in [0.25, 0.3) is 22.4 Å². The highest BCUT2D eigenvalue weighted by atomic mass is 14.9. The number of rotatable bonds is 1. The maximum Gasteiger partial charge on any atom is 0.139 e. The molecular weight excluding hydrogens is 243 g/mol. The number of imidazole rings is 1. The van der Waals surface area contributed by atoms with Crippen molar-refractivity contribution in [1.82, 2.24) is 9.97 Å². The summed E-state index contributed by atoms with van der Waals surface area (Å²) in [7, 11) is 2.10. The van der Waals surface area contributed by atoms with E-state index in [0.29, 0.717) is 0 Å². The first-order valence-corrected chi connectivity index (χ1v) is 7.02. The van der Waals surface area contributed by atoms with Gasteiger partial charge in [-0.1, -0.05) is 29.7 Å². The van der Waals surface area contributed by atoms with Crippen LogP contribution in [0.5, 0.6) is 0 Å². The second-order valence-corrected chi connectivity index (χ2v) is 5.68. The van der Waals surface area contributed by atoms with E-state index >= 15 is 0 Å². The van der Waals surface area contributed by atoms with Crippen molar-refractivity contribution in [2.75, 3.05) is 0 Å². The maximum absolute atomic E-state index is 4.82. The Balaban J connectivity index is 2.28. The van der Waals surface area contributed by atoms with Crippen molar-refractivity contribution in [2.24, 2.45) is 0 Å². The zero-order chi connectivity index (χ0) is 14.4. The Hall–Kier alpha value is -2.03. The summed E-state index contributed by atoms with van der Waals surface area (Å²) in [5.74, 6) is 0.955. The summed E-state index contributed by atoms with van der Waals surface area (Å²) < 4.78 is 0. The van der Waals surface area contributed by atoms with E-state index in [1.54, 1.807) is 0 Å². The predicted molar refractivity (Wildman–Crippen MR) is 88.7 cm³/mol. The van der Waals surface area contributed by atoms with Gasteiger partial charge >= 0.3 is 0 Å². The fourth-order valence-corrected chi connectivity index (χ4v) is 2.69. The van der Waals surface area contributed by atoms with Gasteiger partial charge in [0, 0.05) is 5.56 Å². The molecule has 0 bridgehead atoms. The number of benzene rings is 2. The van der Waals surface area contributed by atoms with Gasteiger partial charge in [0.05, 0.1) is 11.0 Å². The molecule has 3 rings (SSSR count). The maximum atomic E-state index is 4.82. The second-order valence-electron chi connectivity index (χ2n) is 5.68. The molecule has 1 aromatic heterocycles. The molecule has 1 heterocycles. The number of hydrogen-bond donors (Lipinski definition) is 1. The van der Waals surface area contributed by atoms with Gasteiger partial charge in [0.2, 0.25) is 0 Å². The molecule has 0 aliphatic heterocycles. The third-order valence-electron chi connectivity index (χ3n) is 4.45. The highest BCUT2D eigenvalue weighted by Gasteiger charge is 2.13. The number of nitrogens with zero attached hydrogens (tertiary/aromatic N) is 1. The lowest BCUT2D eigenvalue weighted by atomic mass is 9.95. The number of aromatic nitrogens is 2. The largest absolute Gasteiger partial charge is 0.338 e. The van der Waals surface area contributed by atoms with Crippen molar-refractivity contribution >= 4 is 24.3 Å². The number of H-pyrrole nitrogens is 1.